The molecule has 18 heavy (non-hydrogen) atoms. The van der Waals surface area contributed by atoms with Crippen LogP contribution in [0.25, 0.3) is 0 Å². The lowest BCUT2D eigenvalue weighted by atomic mass is 9.95. The molecular weight excluding hydrogens is 236 g/mol. The maximum Gasteiger partial charge on any atom is 0.150 e. The number of nitrogens with one attached hydrogen (secondary N) is 1. The van der Waals surface area contributed by atoms with Gasteiger partial charge in [0.1, 0.15) is 5.69 Å². The minimum atomic E-state index is -0.758. The zero-order valence-electron chi connectivity index (χ0n) is 10.1. The standard InChI is InChI=1S/C13H15F2N3/c1-13(7-17,9-2-3-9)18-12-10(14)4-8(6-16)5-11(12)15/h4-5,9,18H,2-3,7,17H2,1H3. The molecule has 1 aromatic rings. The number of hydrogen-bond donors (Lipinski definition) is 2. The molecule has 1 atom stereocenters. The first kappa shape index (κ1) is 12.8. The summed E-state index contributed by atoms with van der Waals surface area (Å²) in [4.78, 5) is 0. The molecule has 1 fully saturated rings. The summed E-state index contributed by atoms with van der Waals surface area (Å²) in [6, 6.07) is 3.76. The van der Waals surface area contributed by atoms with E-state index < -0.39 is 17.2 Å². The molecule has 1 aliphatic rings. The summed E-state index contributed by atoms with van der Waals surface area (Å²) in [5, 5.41) is 11.5. The van der Waals surface area contributed by atoms with Crippen LogP contribution in [0.5, 0.6) is 0 Å². The summed E-state index contributed by atoms with van der Waals surface area (Å²) < 4.78 is 27.5. The van der Waals surface area contributed by atoms with Crippen molar-refractivity contribution in [3.8, 4) is 6.07 Å². The Hall–Kier alpha value is -1.67. The number of nitrogens with two attached hydrogens (primary N) is 1. The van der Waals surface area contributed by atoms with Gasteiger partial charge in [0.25, 0.3) is 0 Å². The van der Waals surface area contributed by atoms with E-state index in [1.54, 1.807) is 6.07 Å². The SMILES string of the molecule is CC(CN)(Nc1c(F)cc(C#N)cc1F)C1CC1. The van der Waals surface area contributed by atoms with E-state index in [1.807, 2.05) is 6.92 Å². The zero-order chi connectivity index (χ0) is 13.3. The first-order valence-corrected chi connectivity index (χ1v) is 5.87. The van der Waals surface area contributed by atoms with Crippen LogP contribution < -0.4 is 11.1 Å². The molecule has 1 unspecified atom stereocenters. The normalized spacial score (nSPS) is 17.9. The third-order valence-corrected chi connectivity index (χ3v) is 3.48. The van der Waals surface area contributed by atoms with Crippen LogP contribution in [0.3, 0.4) is 0 Å². The van der Waals surface area contributed by atoms with E-state index in [1.165, 1.54) is 0 Å². The van der Waals surface area contributed by atoms with Gasteiger partial charge in [-0.3, -0.25) is 0 Å². The molecule has 0 aliphatic heterocycles. The van der Waals surface area contributed by atoms with Gasteiger partial charge in [0, 0.05) is 12.1 Å². The molecule has 0 aromatic heterocycles. The van der Waals surface area contributed by atoms with Gasteiger partial charge in [-0.25, -0.2) is 8.78 Å². The van der Waals surface area contributed by atoms with Crippen LogP contribution in [0, 0.1) is 28.9 Å². The second-order valence-electron chi connectivity index (χ2n) is 4.95. The van der Waals surface area contributed by atoms with Gasteiger partial charge in [-0.2, -0.15) is 5.26 Å². The maximum atomic E-state index is 13.8. The number of anilines is 1. The van der Waals surface area contributed by atoms with Gasteiger partial charge in [-0.1, -0.05) is 0 Å². The monoisotopic (exact) mass is 251 g/mol. The highest BCUT2D eigenvalue weighted by Gasteiger charge is 2.41. The molecule has 0 radical (unpaired) electrons. The van der Waals surface area contributed by atoms with E-state index in [2.05, 4.69) is 5.32 Å². The van der Waals surface area contributed by atoms with Gasteiger partial charge < -0.3 is 11.1 Å². The number of halogens is 2. The lowest BCUT2D eigenvalue weighted by Crippen LogP contribution is -2.45. The molecule has 1 aliphatic carbocycles. The van der Waals surface area contributed by atoms with Crippen molar-refractivity contribution >= 4 is 5.69 Å². The molecule has 5 heteroatoms. The summed E-state index contributed by atoms with van der Waals surface area (Å²) in [6.45, 7) is 2.16. The molecule has 0 spiro atoms. The third kappa shape index (κ3) is 2.29. The predicted molar refractivity (Wildman–Crippen MR) is 64.9 cm³/mol. The minimum Gasteiger partial charge on any atom is -0.374 e. The highest BCUT2D eigenvalue weighted by atomic mass is 19.1. The Morgan fingerprint density at radius 1 is 1.44 bits per heavy atom. The summed E-state index contributed by atoms with van der Waals surface area (Å²) >= 11 is 0. The van der Waals surface area contributed by atoms with Crippen LogP contribution in [-0.4, -0.2) is 12.1 Å². The Bertz CT molecular complexity index is 482. The van der Waals surface area contributed by atoms with E-state index in [9.17, 15) is 8.78 Å². The highest BCUT2D eigenvalue weighted by molar-refractivity contribution is 5.52. The van der Waals surface area contributed by atoms with E-state index in [-0.39, 0.29) is 11.3 Å². The van der Waals surface area contributed by atoms with Crippen molar-refractivity contribution in [3.63, 3.8) is 0 Å². The number of rotatable bonds is 4. The second kappa shape index (κ2) is 4.54. The van der Waals surface area contributed by atoms with E-state index in [0.717, 1.165) is 25.0 Å². The van der Waals surface area contributed by atoms with E-state index >= 15 is 0 Å². The smallest absolute Gasteiger partial charge is 0.150 e. The number of hydrogen-bond acceptors (Lipinski definition) is 3. The molecule has 3 N–H and O–H groups in total. The second-order valence-corrected chi connectivity index (χ2v) is 4.95. The van der Waals surface area contributed by atoms with Crippen molar-refractivity contribution in [3.05, 3.63) is 29.3 Å². The predicted octanol–water partition coefficient (Wildman–Crippen LogP) is 2.38. The van der Waals surface area contributed by atoms with Crippen molar-refractivity contribution in [1.82, 2.24) is 0 Å². The largest absolute Gasteiger partial charge is 0.374 e. The van der Waals surface area contributed by atoms with Gasteiger partial charge in [-0.15, -0.1) is 0 Å². The molecule has 0 amide bonds. The fraction of sp³-hybridized carbons (Fsp3) is 0.462. The molecular formula is C13H15F2N3. The molecule has 0 heterocycles. The van der Waals surface area contributed by atoms with Crippen molar-refractivity contribution in [1.29, 1.82) is 5.26 Å². The lowest BCUT2D eigenvalue weighted by Gasteiger charge is -2.31. The Balaban J connectivity index is 2.31. The Morgan fingerprint density at radius 2 is 2.00 bits per heavy atom. The fourth-order valence-electron chi connectivity index (χ4n) is 2.08. The summed E-state index contributed by atoms with van der Waals surface area (Å²) in [6.07, 6.45) is 2.03. The Morgan fingerprint density at radius 3 is 2.39 bits per heavy atom. The van der Waals surface area contributed by atoms with Gasteiger partial charge in [-0.05, 0) is 37.8 Å². The molecule has 3 nitrogen and oxygen atoms in total. The van der Waals surface area contributed by atoms with E-state index in [0.29, 0.717) is 12.5 Å². The maximum absolute atomic E-state index is 13.8. The lowest BCUT2D eigenvalue weighted by molar-refractivity contribution is 0.450. The molecule has 0 bridgehead atoms. The summed E-state index contributed by atoms with van der Waals surface area (Å²) in [7, 11) is 0. The molecule has 1 aromatic carbocycles. The molecule has 0 saturated heterocycles. The van der Waals surface area contributed by atoms with Crippen LogP contribution in [-0.2, 0) is 0 Å². The molecule has 2 rings (SSSR count). The molecule has 1 saturated carbocycles. The quantitative estimate of drug-likeness (QED) is 0.863. The average molecular weight is 251 g/mol. The summed E-state index contributed by atoms with van der Waals surface area (Å²) in [5.74, 6) is -1.17. The number of benzene rings is 1. The van der Waals surface area contributed by atoms with Gasteiger partial charge in [0.05, 0.1) is 11.6 Å². The molecule has 96 valence electrons. The van der Waals surface area contributed by atoms with Crippen molar-refractivity contribution in [2.75, 3.05) is 11.9 Å². The summed E-state index contributed by atoms with van der Waals surface area (Å²) in [5.41, 5.74) is 4.96. The fourth-order valence-corrected chi connectivity index (χ4v) is 2.08. The van der Waals surface area contributed by atoms with Crippen LogP contribution >= 0.6 is 0 Å². The first-order valence-electron chi connectivity index (χ1n) is 5.87. The van der Waals surface area contributed by atoms with Crippen LogP contribution in [0.4, 0.5) is 14.5 Å². The minimum absolute atomic E-state index is 0.0311. The van der Waals surface area contributed by atoms with Crippen LogP contribution in [0.2, 0.25) is 0 Å². The van der Waals surface area contributed by atoms with E-state index in [4.69, 9.17) is 11.0 Å². The number of nitriles is 1. The van der Waals surface area contributed by atoms with Crippen molar-refractivity contribution in [2.45, 2.75) is 25.3 Å². The van der Waals surface area contributed by atoms with Crippen molar-refractivity contribution in [2.24, 2.45) is 11.7 Å². The number of nitrogens with zero attached hydrogens (tertiary/aromatic N) is 1. The topological polar surface area (TPSA) is 61.8 Å². The van der Waals surface area contributed by atoms with Gasteiger partial charge in [0.2, 0.25) is 0 Å². The van der Waals surface area contributed by atoms with Gasteiger partial charge in [0.15, 0.2) is 11.6 Å². The van der Waals surface area contributed by atoms with Crippen LogP contribution in [0.15, 0.2) is 12.1 Å². The first-order chi connectivity index (χ1) is 8.50. The Labute approximate surface area is 105 Å². The zero-order valence-corrected chi connectivity index (χ0v) is 10.1. The third-order valence-electron chi connectivity index (χ3n) is 3.48. The highest BCUT2D eigenvalue weighted by Crippen LogP contribution is 2.41. The average Bonchev–Trinajstić information content (AvgIpc) is 3.17. The van der Waals surface area contributed by atoms with Gasteiger partial charge >= 0.3 is 0 Å². The Kier molecular flexibility index (Phi) is 3.22. The van der Waals surface area contributed by atoms with Crippen LogP contribution in [0.1, 0.15) is 25.3 Å². The van der Waals surface area contributed by atoms with Crippen molar-refractivity contribution < 1.29 is 8.78 Å².